The van der Waals surface area contributed by atoms with Crippen molar-refractivity contribution < 1.29 is 14.0 Å². The minimum absolute atomic E-state index is 0.0312. The van der Waals surface area contributed by atoms with E-state index in [1.807, 2.05) is 36.1 Å². The van der Waals surface area contributed by atoms with Crippen LogP contribution in [0.15, 0.2) is 54.6 Å². The maximum Gasteiger partial charge on any atom is 0.273 e. The Bertz CT molecular complexity index is 1340. The van der Waals surface area contributed by atoms with E-state index in [2.05, 4.69) is 14.8 Å². The second-order valence-electron chi connectivity index (χ2n) is 10.7. The second kappa shape index (κ2) is 12.6. The summed E-state index contributed by atoms with van der Waals surface area (Å²) in [5, 5.41) is 0. The Labute approximate surface area is 235 Å². The number of amides is 2. The average Bonchev–Trinajstić information content (AvgIpc) is 3.48. The lowest BCUT2D eigenvalue weighted by atomic mass is 10.1. The van der Waals surface area contributed by atoms with Crippen LogP contribution in [0.5, 0.6) is 0 Å². The minimum Gasteiger partial charge on any atom is -0.341 e. The number of hydrogen-bond donors (Lipinski definition) is 0. The smallest absolute Gasteiger partial charge is 0.273 e. The molecule has 1 saturated heterocycles. The van der Waals surface area contributed by atoms with Gasteiger partial charge in [0, 0.05) is 70.7 Å². The number of nitrogens with zero attached hydrogens (tertiary/aromatic N) is 6. The summed E-state index contributed by atoms with van der Waals surface area (Å²) in [4.78, 5) is 44.2. The molecule has 3 heterocycles. The molecule has 0 N–H and O–H groups in total. The number of halogens is 1. The van der Waals surface area contributed by atoms with E-state index in [-0.39, 0.29) is 17.6 Å². The second-order valence-corrected chi connectivity index (χ2v) is 10.7. The van der Waals surface area contributed by atoms with E-state index in [4.69, 9.17) is 4.98 Å². The van der Waals surface area contributed by atoms with Crippen molar-refractivity contribution in [3.63, 3.8) is 0 Å². The zero-order chi connectivity index (χ0) is 28.1. The molecule has 2 aromatic carbocycles. The molecule has 40 heavy (non-hydrogen) atoms. The van der Waals surface area contributed by atoms with E-state index in [1.165, 1.54) is 12.1 Å². The molecular weight excluding hydrogens is 507 g/mol. The summed E-state index contributed by atoms with van der Waals surface area (Å²) >= 11 is 0. The molecule has 2 aliphatic rings. The van der Waals surface area contributed by atoms with Crippen molar-refractivity contribution in [3.8, 4) is 0 Å². The number of aryl methyl sites for hydroxylation is 1. The van der Waals surface area contributed by atoms with Crippen LogP contribution in [0.2, 0.25) is 0 Å². The standard InChI is InChI=1S/C31H37FN6O2/c1-23-20-28(34-31(33-23)36-15-5-6-16-36)30(40)37-19-18-35(21-25-10-12-27(32)13-11-25)14-7-17-38(24(2)39)29-9-4-3-8-26(29)22-37/h3-4,8-13,20H,5-7,14-19,21-22H2,1-2H3. The number of anilines is 2. The topological polar surface area (TPSA) is 72.9 Å². The molecule has 2 amide bonds. The molecule has 3 aromatic rings. The number of rotatable bonds is 4. The molecule has 8 nitrogen and oxygen atoms in total. The summed E-state index contributed by atoms with van der Waals surface area (Å²) in [6.45, 7) is 8.67. The van der Waals surface area contributed by atoms with E-state index in [0.717, 1.165) is 61.4 Å². The largest absolute Gasteiger partial charge is 0.341 e. The van der Waals surface area contributed by atoms with Gasteiger partial charge in [-0.2, -0.15) is 0 Å². The van der Waals surface area contributed by atoms with Crippen LogP contribution < -0.4 is 9.80 Å². The number of para-hydroxylation sites is 1. The van der Waals surface area contributed by atoms with Gasteiger partial charge in [-0.3, -0.25) is 14.5 Å². The molecule has 2 aliphatic heterocycles. The summed E-state index contributed by atoms with van der Waals surface area (Å²) in [5.41, 5.74) is 3.90. The normalized spacial score (nSPS) is 16.9. The zero-order valence-corrected chi connectivity index (χ0v) is 23.4. The van der Waals surface area contributed by atoms with Gasteiger partial charge < -0.3 is 14.7 Å². The summed E-state index contributed by atoms with van der Waals surface area (Å²) in [6.07, 6.45) is 2.97. The van der Waals surface area contributed by atoms with Crippen LogP contribution in [0.4, 0.5) is 16.0 Å². The Morgan fingerprint density at radius 3 is 2.38 bits per heavy atom. The third kappa shape index (κ3) is 6.65. The van der Waals surface area contributed by atoms with Gasteiger partial charge >= 0.3 is 0 Å². The van der Waals surface area contributed by atoms with Crippen molar-refractivity contribution in [3.05, 3.63) is 82.9 Å². The molecule has 9 heteroatoms. The predicted octanol–water partition coefficient (Wildman–Crippen LogP) is 4.43. The molecule has 210 valence electrons. The van der Waals surface area contributed by atoms with E-state index >= 15 is 0 Å². The van der Waals surface area contributed by atoms with E-state index < -0.39 is 0 Å². The number of hydrogen-bond acceptors (Lipinski definition) is 6. The Hall–Kier alpha value is -3.85. The zero-order valence-electron chi connectivity index (χ0n) is 23.4. The Morgan fingerprint density at radius 1 is 0.875 bits per heavy atom. The van der Waals surface area contributed by atoms with Gasteiger partial charge in [0.15, 0.2) is 0 Å². The van der Waals surface area contributed by atoms with Crippen molar-refractivity contribution in [2.24, 2.45) is 0 Å². The van der Waals surface area contributed by atoms with Crippen LogP contribution in [0.1, 0.15) is 53.5 Å². The quantitative estimate of drug-likeness (QED) is 0.484. The van der Waals surface area contributed by atoms with Crippen LogP contribution in [0.3, 0.4) is 0 Å². The van der Waals surface area contributed by atoms with Crippen LogP contribution in [-0.2, 0) is 17.9 Å². The van der Waals surface area contributed by atoms with Gasteiger partial charge in [-0.05, 0) is 61.6 Å². The molecule has 0 bridgehead atoms. The highest BCUT2D eigenvalue weighted by molar-refractivity contribution is 5.94. The Kier molecular flexibility index (Phi) is 8.69. The molecule has 1 fully saturated rings. The molecule has 0 radical (unpaired) electrons. The number of carbonyl (C=O) groups excluding carboxylic acids is 2. The van der Waals surface area contributed by atoms with Crippen molar-refractivity contribution >= 4 is 23.5 Å². The molecule has 0 aliphatic carbocycles. The fourth-order valence-corrected chi connectivity index (χ4v) is 5.53. The number of carbonyl (C=O) groups is 2. The third-order valence-corrected chi connectivity index (χ3v) is 7.62. The van der Waals surface area contributed by atoms with Gasteiger partial charge in [0.25, 0.3) is 5.91 Å². The molecule has 0 atom stereocenters. The first-order valence-corrected chi connectivity index (χ1v) is 14.1. The first-order chi connectivity index (χ1) is 19.4. The van der Waals surface area contributed by atoms with Crippen molar-refractivity contribution in [2.45, 2.75) is 46.2 Å². The lowest BCUT2D eigenvalue weighted by Gasteiger charge is -2.28. The van der Waals surface area contributed by atoms with Crippen molar-refractivity contribution in [1.29, 1.82) is 0 Å². The number of fused-ring (bicyclic) bond motifs is 1. The van der Waals surface area contributed by atoms with Crippen LogP contribution in [0, 0.1) is 12.7 Å². The molecule has 1 aromatic heterocycles. The van der Waals surface area contributed by atoms with Gasteiger partial charge in [0.2, 0.25) is 11.9 Å². The highest BCUT2D eigenvalue weighted by Crippen LogP contribution is 2.25. The maximum atomic E-state index is 14.1. The first kappa shape index (κ1) is 27.7. The highest BCUT2D eigenvalue weighted by Gasteiger charge is 2.25. The number of benzene rings is 2. The molecular formula is C31H37FN6O2. The van der Waals surface area contributed by atoms with Crippen molar-refractivity contribution in [2.75, 3.05) is 49.1 Å². The predicted molar refractivity (Wildman–Crippen MR) is 154 cm³/mol. The summed E-state index contributed by atoms with van der Waals surface area (Å²) < 4.78 is 13.5. The summed E-state index contributed by atoms with van der Waals surface area (Å²) in [5.74, 6) is 0.161. The number of aromatic nitrogens is 2. The van der Waals surface area contributed by atoms with Gasteiger partial charge in [-0.25, -0.2) is 14.4 Å². The Morgan fingerprint density at radius 2 is 1.62 bits per heavy atom. The minimum atomic E-state index is -0.263. The van der Waals surface area contributed by atoms with Crippen LogP contribution in [-0.4, -0.2) is 70.9 Å². The molecule has 0 unspecified atom stereocenters. The van der Waals surface area contributed by atoms with Gasteiger partial charge in [-0.15, -0.1) is 0 Å². The SMILES string of the molecule is CC(=O)N1CCCN(Cc2ccc(F)cc2)CCN(C(=O)c2cc(C)nc(N3CCCC3)n2)Cc2ccccc21. The van der Waals surface area contributed by atoms with Crippen LogP contribution >= 0.6 is 0 Å². The van der Waals surface area contributed by atoms with Crippen molar-refractivity contribution in [1.82, 2.24) is 19.8 Å². The van der Waals surface area contributed by atoms with Gasteiger partial charge in [0.1, 0.15) is 11.5 Å². The summed E-state index contributed by atoms with van der Waals surface area (Å²) in [6, 6.07) is 16.1. The van der Waals surface area contributed by atoms with Gasteiger partial charge in [-0.1, -0.05) is 30.3 Å². The molecule has 0 spiro atoms. The average molecular weight is 545 g/mol. The van der Waals surface area contributed by atoms with E-state index in [1.54, 1.807) is 30.0 Å². The molecule has 0 saturated carbocycles. The van der Waals surface area contributed by atoms with E-state index in [9.17, 15) is 14.0 Å². The third-order valence-electron chi connectivity index (χ3n) is 7.62. The maximum absolute atomic E-state index is 14.1. The van der Waals surface area contributed by atoms with E-state index in [0.29, 0.717) is 44.4 Å². The fraction of sp³-hybridized carbons (Fsp3) is 0.419. The fourth-order valence-electron chi connectivity index (χ4n) is 5.53. The Balaban J connectivity index is 1.47. The van der Waals surface area contributed by atoms with Crippen LogP contribution in [0.25, 0.3) is 0 Å². The van der Waals surface area contributed by atoms with Gasteiger partial charge in [0.05, 0.1) is 0 Å². The lowest BCUT2D eigenvalue weighted by Crippen LogP contribution is -2.39. The summed E-state index contributed by atoms with van der Waals surface area (Å²) in [7, 11) is 0. The lowest BCUT2D eigenvalue weighted by molar-refractivity contribution is -0.116. The first-order valence-electron chi connectivity index (χ1n) is 14.1. The monoisotopic (exact) mass is 544 g/mol. The molecule has 5 rings (SSSR count). The highest BCUT2D eigenvalue weighted by atomic mass is 19.1.